The largest absolute Gasteiger partial charge is 0.484 e. The van der Waals surface area contributed by atoms with Crippen molar-refractivity contribution in [2.24, 2.45) is 4.99 Å². The fourth-order valence-corrected chi connectivity index (χ4v) is 2.43. The summed E-state index contributed by atoms with van der Waals surface area (Å²) in [7, 11) is 0. The number of benzene rings is 3. The summed E-state index contributed by atoms with van der Waals surface area (Å²) < 4.78 is 43.6. The smallest absolute Gasteiger partial charge is 0.416 e. The van der Waals surface area contributed by atoms with Gasteiger partial charge >= 0.3 is 6.18 Å². The van der Waals surface area contributed by atoms with Gasteiger partial charge in [0.1, 0.15) is 5.75 Å². The third-order valence-electron chi connectivity index (χ3n) is 3.84. The van der Waals surface area contributed by atoms with Crippen molar-refractivity contribution in [3.05, 3.63) is 90.0 Å². The predicted octanol–water partition coefficient (Wildman–Crippen LogP) is 5.47. The average Bonchev–Trinajstić information content (AvgIpc) is 2.72. The molecule has 0 aromatic heterocycles. The Kier molecular flexibility index (Phi) is 6.29. The van der Waals surface area contributed by atoms with Crippen molar-refractivity contribution in [1.82, 2.24) is 0 Å². The Morgan fingerprint density at radius 3 is 2.38 bits per heavy atom. The molecule has 0 unspecified atom stereocenters. The first kappa shape index (κ1) is 20.1. The van der Waals surface area contributed by atoms with Crippen LogP contribution in [0, 0.1) is 0 Å². The Bertz CT molecular complexity index is 985. The Morgan fingerprint density at radius 2 is 1.69 bits per heavy atom. The highest BCUT2D eigenvalue weighted by Gasteiger charge is 2.30. The van der Waals surface area contributed by atoms with Gasteiger partial charge in [-0.1, -0.05) is 24.3 Å². The molecule has 0 radical (unpaired) electrons. The van der Waals surface area contributed by atoms with Crippen molar-refractivity contribution in [3.8, 4) is 5.75 Å². The number of amides is 1. The lowest BCUT2D eigenvalue weighted by atomic mass is 10.2. The highest BCUT2D eigenvalue weighted by Crippen LogP contribution is 2.31. The van der Waals surface area contributed by atoms with Crippen molar-refractivity contribution in [1.29, 1.82) is 0 Å². The SMILES string of the molecule is O=C(COc1ccc(C=Nc2cccc(C(F)(F)F)c2)cc1)Nc1ccccc1. The highest BCUT2D eigenvalue weighted by molar-refractivity contribution is 5.91. The minimum atomic E-state index is -4.41. The van der Waals surface area contributed by atoms with Crippen LogP contribution in [0.15, 0.2) is 83.9 Å². The van der Waals surface area contributed by atoms with Crippen LogP contribution in [0.1, 0.15) is 11.1 Å². The summed E-state index contributed by atoms with van der Waals surface area (Å²) >= 11 is 0. The van der Waals surface area contributed by atoms with Crippen LogP contribution in [-0.2, 0) is 11.0 Å². The van der Waals surface area contributed by atoms with Gasteiger partial charge in [0, 0.05) is 11.9 Å². The van der Waals surface area contributed by atoms with Crippen molar-refractivity contribution < 1.29 is 22.7 Å². The number of carbonyl (C=O) groups is 1. The normalized spacial score (nSPS) is 11.4. The number of aliphatic imine (C=N–C) groups is 1. The number of ether oxygens (including phenoxy) is 1. The van der Waals surface area contributed by atoms with E-state index in [2.05, 4.69) is 10.3 Å². The summed E-state index contributed by atoms with van der Waals surface area (Å²) in [6.45, 7) is -0.146. The van der Waals surface area contributed by atoms with Crippen LogP contribution in [-0.4, -0.2) is 18.7 Å². The first-order valence-corrected chi connectivity index (χ1v) is 8.69. The van der Waals surface area contributed by atoms with Gasteiger partial charge in [0.2, 0.25) is 0 Å². The molecule has 3 aromatic carbocycles. The molecule has 3 rings (SSSR count). The summed E-state index contributed by atoms with van der Waals surface area (Å²) in [4.78, 5) is 15.9. The Hall–Kier alpha value is -3.61. The molecule has 0 saturated heterocycles. The number of rotatable bonds is 6. The number of alkyl halides is 3. The molecule has 1 amide bonds. The van der Waals surface area contributed by atoms with E-state index in [-0.39, 0.29) is 18.2 Å². The van der Waals surface area contributed by atoms with Crippen LogP contribution in [0.5, 0.6) is 5.75 Å². The number of hydrogen-bond donors (Lipinski definition) is 1. The summed E-state index contributed by atoms with van der Waals surface area (Å²) in [5, 5.41) is 2.71. The topological polar surface area (TPSA) is 50.7 Å². The van der Waals surface area contributed by atoms with Crippen LogP contribution in [0.4, 0.5) is 24.5 Å². The number of para-hydroxylation sites is 1. The van der Waals surface area contributed by atoms with Gasteiger partial charge in [-0.05, 0) is 60.2 Å². The van der Waals surface area contributed by atoms with Crippen LogP contribution in [0.25, 0.3) is 0 Å². The van der Waals surface area contributed by atoms with E-state index in [1.807, 2.05) is 18.2 Å². The summed E-state index contributed by atoms with van der Waals surface area (Å²) in [5.74, 6) is 0.204. The number of anilines is 1. The number of nitrogens with zero attached hydrogens (tertiary/aromatic N) is 1. The monoisotopic (exact) mass is 398 g/mol. The maximum atomic E-state index is 12.7. The lowest BCUT2D eigenvalue weighted by Crippen LogP contribution is -2.20. The van der Waals surface area contributed by atoms with E-state index in [1.165, 1.54) is 18.3 Å². The van der Waals surface area contributed by atoms with Gasteiger partial charge < -0.3 is 10.1 Å². The third kappa shape index (κ3) is 6.21. The Balaban J connectivity index is 1.55. The van der Waals surface area contributed by atoms with Gasteiger partial charge in [-0.15, -0.1) is 0 Å². The minimum Gasteiger partial charge on any atom is -0.484 e. The molecule has 0 saturated carbocycles. The second-order valence-corrected chi connectivity index (χ2v) is 6.08. The van der Waals surface area contributed by atoms with E-state index in [0.29, 0.717) is 17.0 Å². The molecule has 0 bridgehead atoms. The van der Waals surface area contributed by atoms with E-state index < -0.39 is 11.7 Å². The molecule has 0 aliphatic heterocycles. The quantitative estimate of drug-likeness (QED) is 0.560. The van der Waals surface area contributed by atoms with Gasteiger partial charge in [-0.2, -0.15) is 13.2 Å². The predicted molar refractivity (Wildman–Crippen MR) is 106 cm³/mol. The first-order valence-electron chi connectivity index (χ1n) is 8.69. The molecule has 0 atom stereocenters. The molecule has 0 spiro atoms. The minimum absolute atomic E-state index is 0.146. The van der Waals surface area contributed by atoms with Crippen molar-refractivity contribution in [2.45, 2.75) is 6.18 Å². The van der Waals surface area contributed by atoms with E-state index in [0.717, 1.165) is 12.1 Å². The van der Waals surface area contributed by atoms with Crippen molar-refractivity contribution >= 4 is 23.5 Å². The van der Waals surface area contributed by atoms with Crippen molar-refractivity contribution in [3.63, 3.8) is 0 Å². The number of hydrogen-bond acceptors (Lipinski definition) is 3. The van der Waals surface area contributed by atoms with Gasteiger partial charge in [0.25, 0.3) is 5.91 Å². The molecular weight excluding hydrogens is 381 g/mol. The van der Waals surface area contributed by atoms with E-state index >= 15 is 0 Å². The van der Waals surface area contributed by atoms with Crippen LogP contribution in [0.2, 0.25) is 0 Å². The molecule has 0 heterocycles. The third-order valence-corrected chi connectivity index (χ3v) is 3.84. The number of halogens is 3. The summed E-state index contributed by atoms with van der Waals surface area (Å²) in [6, 6.07) is 20.5. The first-order chi connectivity index (χ1) is 13.9. The van der Waals surface area contributed by atoms with E-state index in [1.54, 1.807) is 36.4 Å². The molecule has 3 aromatic rings. The lowest BCUT2D eigenvalue weighted by Gasteiger charge is -2.07. The molecule has 4 nitrogen and oxygen atoms in total. The van der Waals surface area contributed by atoms with Gasteiger partial charge in [-0.3, -0.25) is 9.79 Å². The Labute approximate surface area is 165 Å². The molecule has 0 fully saturated rings. The van der Waals surface area contributed by atoms with Gasteiger partial charge in [0.05, 0.1) is 11.3 Å². The highest BCUT2D eigenvalue weighted by atomic mass is 19.4. The standard InChI is InChI=1S/C22H17F3N2O2/c23-22(24,25)17-5-4-8-19(13-17)26-14-16-9-11-20(12-10-16)29-15-21(28)27-18-6-2-1-3-7-18/h1-14H,15H2,(H,27,28). The van der Waals surface area contributed by atoms with Crippen LogP contribution in [0.3, 0.4) is 0 Å². The molecule has 0 aliphatic carbocycles. The fourth-order valence-electron chi connectivity index (χ4n) is 2.43. The summed E-state index contributed by atoms with van der Waals surface area (Å²) in [6.07, 6.45) is -2.95. The van der Waals surface area contributed by atoms with Gasteiger partial charge in [-0.25, -0.2) is 0 Å². The maximum absolute atomic E-state index is 12.7. The second kappa shape index (κ2) is 9.05. The fraction of sp³-hybridized carbons (Fsp3) is 0.0909. The number of carbonyl (C=O) groups excluding carboxylic acids is 1. The van der Waals surface area contributed by atoms with E-state index in [9.17, 15) is 18.0 Å². The molecule has 0 aliphatic rings. The van der Waals surface area contributed by atoms with Gasteiger partial charge in [0.15, 0.2) is 6.61 Å². The molecule has 148 valence electrons. The van der Waals surface area contributed by atoms with Crippen molar-refractivity contribution in [2.75, 3.05) is 11.9 Å². The number of nitrogens with one attached hydrogen (secondary N) is 1. The maximum Gasteiger partial charge on any atom is 0.416 e. The zero-order chi connectivity index (χ0) is 20.7. The van der Waals surface area contributed by atoms with Crippen LogP contribution >= 0.6 is 0 Å². The zero-order valence-electron chi connectivity index (χ0n) is 15.2. The molecule has 29 heavy (non-hydrogen) atoms. The zero-order valence-corrected chi connectivity index (χ0v) is 15.2. The molecule has 7 heteroatoms. The Morgan fingerprint density at radius 1 is 0.966 bits per heavy atom. The van der Waals surface area contributed by atoms with E-state index in [4.69, 9.17) is 4.74 Å². The second-order valence-electron chi connectivity index (χ2n) is 6.08. The van der Waals surface area contributed by atoms with Crippen LogP contribution < -0.4 is 10.1 Å². The lowest BCUT2D eigenvalue weighted by molar-refractivity contribution is -0.137. The summed E-state index contributed by atoms with van der Waals surface area (Å²) in [5.41, 5.74) is 0.827. The molecule has 1 N–H and O–H groups in total. The average molecular weight is 398 g/mol. The molecular formula is C22H17F3N2O2.